The van der Waals surface area contributed by atoms with E-state index in [4.69, 9.17) is 11.6 Å². The Hall–Kier alpha value is -1.20. The molecule has 2 fully saturated rings. The zero-order chi connectivity index (χ0) is 14.3. The molecule has 3 nitrogen and oxygen atoms in total. The molecule has 1 aromatic carbocycles. The summed E-state index contributed by atoms with van der Waals surface area (Å²) in [6.07, 6.45) is 3.89. The molecule has 1 amide bonds. The molecule has 6 heteroatoms. The number of halogens is 3. The molecular formula is C14H15ClF2N2O. The first-order valence-corrected chi connectivity index (χ1v) is 7.12. The quantitative estimate of drug-likeness (QED) is 0.825. The number of fused-ring (bicyclic) bond motifs is 2. The number of nitrogens with one attached hydrogen (secondary N) is 2. The molecule has 2 bridgehead atoms. The van der Waals surface area contributed by atoms with Gasteiger partial charge in [0.05, 0.1) is 10.6 Å². The van der Waals surface area contributed by atoms with Crippen LogP contribution in [0, 0.1) is 11.6 Å². The summed E-state index contributed by atoms with van der Waals surface area (Å²) in [5.74, 6) is -2.17. The van der Waals surface area contributed by atoms with E-state index in [1.54, 1.807) is 0 Å². The monoisotopic (exact) mass is 300 g/mol. The maximum atomic E-state index is 13.7. The van der Waals surface area contributed by atoms with Crippen LogP contribution in [0.1, 0.15) is 36.0 Å². The van der Waals surface area contributed by atoms with Crippen molar-refractivity contribution in [2.45, 2.75) is 43.8 Å². The zero-order valence-corrected chi connectivity index (χ0v) is 11.5. The van der Waals surface area contributed by atoms with Gasteiger partial charge in [0.15, 0.2) is 0 Å². The third kappa shape index (κ3) is 2.65. The number of amides is 1. The van der Waals surface area contributed by atoms with Crippen molar-refractivity contribution in [2.75, 3.05) is 0 Å². The Morgan fingerprint density at radius 1 is 1.20 bits per heavy atom. The summed E-state index contributed by atoms with van der Waals surface area (Å²) in [5, 5.41) is 5.93. The third-order valence-electron chi connectivity index (χ3n) is 4.06. The zero-order valence-electron chi connectivity index (χ0n) is 10.8. The van der Waals surface area contributed by atoms with E-state index in [1.165, 1.54) is 0 Å². The SMILES string of the molecule is O=C(NC1CC2CCC(C1)N2)c1cc(F)c(Cl)cc1F. The van der Waals surface area contributed by atoms with Crippen LogP contribution >= 0.6 is 11.6 Å². The van der Waals surface area contributed by atoms with E-state index in [0.717, 1.165) is 37.8 Å². The summed E-state index contributed by atoms with van der Waals surface area (Å²) < 4.78 is 27.0. The van der Waals surface area contributed by atoms with Crippen molar-refractivity contribution in [1.29, 1.82) is 0 Å². The van der Waals surface area contributed by atoms with E-state index in [-0.39, 0.29) is 16.6 Å². The van der Waals surface area contributed by atoms with Gasteiger partial charge < -0.3 is 10.6 Å². The van der Waals surface area contributed by atoms with Crippen LogP contribution in [-0.4, -0.2) is 24.0 Å². The smallest absolute Gasteiger partial charge is 0.254 e. The first-order chi connectivity index (χ1) is 9.52. The summed E-state index contributed by atoms with van der Waals surface area (Å²) in [4.78, 5) is 12.0. The molecule has 0 saturated carbocycles. The molecule has 2 saturated heterocycles. The number of carbonyl (C=O) groups excluding carboxylic acids is 1. The normalized spacial score (nSPS) is 28.4. The summed E-state index contributed by atoms with van der Waals surface area (Å²) in [5.41, 5.74) is -0.294. The van der Waals surface area contributed by atoms with Crippen molar-refractivity contribution < 1.29 is 13.6 Å². The van der Waals surface area contributed by atoms with Crippen molar-refractivity contribution in [3.05, 3.63) is 34.4 Å². The van der Waals surface area contributed by atoms with Crippen LogP contribution in [0.4, 0.5) is 8.78 Å². The summed E-state index contributed by atoms with van der Waals surface area (Å²) in [7, 11) is 0. The largest absolute Gasteiger partial charge is 0.349 e. The van der Waals surface area contributed by atoms with Crippen LogP contribution in [0.3, 0.4) is 0 Å². The van der Waals surface area contributed by atoms with Gasteiger partial charge >= 0.3 is 0 Å². The molecule has 2 atom stereocenters. The lowest BCUT2D eigenvalue weighted by Gasteiger charge is -2.29. The number of piperidine rings is 1. The Balaban J connectivity index is 1.72. The van der Waals surface area contributed by atoms with Gasteiger partial charge in [-0.1, -0.05) is 11.6 Å². The van der Waals surface area contributed by atoms with Gasteiger partial charge in [0.1, 0.15) is 11.6 Å². The van der Waals surface area contributed by atoms with Crippen molar-refractivity contribution in [3.63, 3.8) is 0 Å². The van der Waals surface area contributed by atoms with Crippen molar-refractivity contribution in [3.8, 4) is 0 Å². The molecule has 0 radical (unpaired) electrons. The number of carbonyl (C=O) groups is 1. The fraction of sp³-hybridized carbons (Fsp3) is 0.500. The highest BCUT2D eigenvalue weighted by molar-refractivity contribution is 6.30. The maximum Gasteiger partial charge on any atom is 0.254 e. The predicted octanol–water partition coefficient (Wildman–Crippen LogP) is 2.63. The Kier molecular flexibility index (Phi) is 3.65. The van der Waals surface area contributed by atoms with Crippen LogP contribution in [-0.2, 0) is 0 Å². The summed E-state index contributed by atoms with van der Waals surface area (Å²) >= 11 is 5.47. The highest BCUT2D eigenvalue weighted by atomic mass is 35.5. The molecule has 0 aliphatic carbocycles. The van der Waals surface area contributed by atoms with Crippen molar-refractivity contribution >= 4 is 17.5 Å². The maximum absolute atomic E-state index is 13.7. The number of rotatable bonds is 2. The van der Waals surface area contributed by atoms with E-state index >= 15 is 0 Å². The Morgan fingerprint density at radius 2 is 1.85 bits per heavy atom. The summed E-state index contributed by atoms with van der Waals surface area (Å²) in [6, 6.07) is 2.54. The Morgan fingerprint density at radius 3 is 2.50 bits per heavy atom. The minimum Gasteiger partial charge on any atom is -0.349 e. The number of benzene rings is 1. The lowest BCUT2D eigenvalue weighted by Crippen LogP contribution is -2.48. The van der Waals surface area contributed by atoms with Gasteiger partial charge in [0, 0.05) is 18.1 Å². The molecule has 20 heavy (non-hydrogen) atoms. The van der Waals surface area contributed by atoms with E-state index in [1.807, 2.05) is 0 Å². The lowest BCUT2D eigenvalue weighted by atomic mass is 9.99. The first-order valence-electron chi connectivity index (χ1n) is 6.74. The predicted molar refractivity (Wildman–Crippen MR) is 71.8 cm³/mol. The standard InChI is InChI=1S/C14H15ClF2N2O/c15-11-6-12(16)10(5-13(11)17)14(20)19-9-3-7-1-2-8(4-9)18-7/h5-9,18H,1-4H2,(H,19,20). The fourth-order valence-corrected chi connectivity index (χ4v) is 3.29. The van der Waals surface area contributed by atoms with Gasteiger partial charge in [-0.15, -0.1) is 0 Å². The lowest BCUT2D eigenvalue weighted by molar-refractivity contribution is 0.0919. The van der Waals surface area contributed by atoms with Crippen LogP contribution in [0.15, 0.2) is 12.1 Å². The highest BCUT2D eigenvalue weighted by Crippen LogP contribution is 2.27. The van der Waals surface area contributed by atoms with Crippen molar-refractivity contribution in [1.82, 2.24) is 10.6 Å². The van der Waals surface area contributed by atoms with E-state index in [9.17, 15) is 13.6 Å². The minimum absolute atomic E-state index is 0.0133. The van der Waals surface area contributed by atoms with Crippen LogP contribution in [0.5, 0.6) is 0 Å². The molecule has 108 valence electrons. The highest BCUT2D eigenvalue weighted by Gasteiger charge is 2.34. The fourth-order valence-electron chi connectivity index (χ4n) is 3.13. The van der Waals surface area contributed by atoms with Gasteiger partial charge in [-0.3, -0.25) is 4.79 Å². The molecule has 1 aromatic rings. The van der Waals surface area contributed by atoms with E-state index in [0.29, 0.717) is 12.1 Å². The second-order valence-corrected chi connectivity index (χ2v) is 5.93. The number of hydrogen-bond donors (Lipinski definition) is 2. The topological polar surface area (TPSA) is 41.1 Å². The Labute approximate surface area is 120 Å². The molecule has 2 heterocycles. The Bertz CT molecular complexity index is 540. The van der Waals surface area contributed by atoms with Crippen molar-refractivity contribution in [2.24, 2.45) is 0 Å². The summed E-state index contributed by atoms with van der Waals surface area (Å²) in [6.45, 7) is 0. The van der Waals surface area contributed by atoms with E-state index in [2.05, 4.69) is 10.6 Å². The first kappa shape index (κ1) is 13.8. The molecule has 0 aromatic heterocycles. The minimum atomic E-state index is -0.800. The van der Waals surface area contributed by atoms with Crippen LogP contribution in [0.2, 0.25) is 5.02 Å². The molecule has 2 N–H and O–H groups in total. The van der Waals surface area contributed by atoms with Gasteiger partial charge in [0.25, 0.3) is 5.91 Å². The van der Waals surface area contributed by atoms with Gasteiger partial charge in [-0.2, -0.15) is 0 Å². The average molecular weight is 301 g/mol. The second-order valence-electron chi connectivity index (χ2n) is 5.53. The van der Waals surface area contributed by atoms with Crippen LogP contribution < -0.4 is 10.6 Å². The third-order valence-corrected chi connectivity index (χ3v) is 4.35. The van der Waals surface area contributed by atoms with Gasteiger partial charge in [-0.05, 0) is 37.8 Å². The molecule has 0 spiro atoms. The second kappa shape index (κ2) is 5.30. The van der Waals surface area contributed by atoms with Gasteiger partial charge in [-0.25, -0.2) is 8.78 Å². The average Bonchev–Trinajstić information content (AvgIpc) is 2.73. The van der Waals surface area contributed by atoms with Gasteiger partial charge in [0.2, 0.25) is 0 Å². The molecular weight excluding hydrogens is 286 g/mol. The van der Waals surface area contributed by atoms with E-state index < -0.39 is 17.5 Å². The molecule has 2 aliphatic rings. The van der Waals surface area contributed by atoms with Crippen LogP contribution in [0.25, 0.3) is 0 Å². The molecule has 2 aliphatic heterocycles. The number of hydrogen-bond acceptors (Lipinski definition) is 2. The molecule has 2 unspecified atom stereocenters. The molecule has 3 rings (SSSR count).